The summed E-state index contributed by atoms with van der Waals surface area (Å²) in [6.45, 7) is 2.38. The second kappa shape index (κ2) is 6.96. The first-order valence-corrected chi connectivity index (χ1v) is 6.34. The summed E-state index contributed by atoms with van der Waals surface area (Å²) in [5, 5.41) is 8.80. The van der Waals surface area contributed by atoms with Crippen LogP contribution in [0.1, 0.15) is 26.2 Å². The Morgan fingerprint density at radius 1 is 1.42 bits per heavy atom. The molecule has 1 aliphatic heterocycles. The second-order valence-electron chi connectivity index (χ2n) is 4.53. The van der Waals surface area contributed by atoms with Gasteiger partial charge in [-0.1, -0.05) is 0 Å². The highest BCUT2D eigenvalue weighted by atomic mass is 16.5. The highest BCUT2D eigenvalue weighted by molar-refractivity contribution is 5.81. The number of aliphatic carboxylic acids is 1. The normalized spacial score (nSPS) is 18.2. The third-order valence-corrected chi connectivity index (χ3v) is 3.03. The molecule has 0 aromatic carbocycles. The first kappa shape index (κ1) is 15.3. The number of hydrogen-bond acceptors (Lipinski definition) is 4. The molecular weight excluding hydrogens is 252 g/mol. The van der Waals surface area contributed by atoms with Gasteiger partial charge in [0.15, 0.2) is 0 Å². The Hall–Kier alpha value is -1.79. The Kier molecular flexibility index (Phi) is 5.59. The monoisotopic (exact) mass is 272 g/mol. The molecule has 0 saturated carbocycles. The zero-order chi connectivity index (χ0) is 14.4. The van der Waals surface area contributed by atoms with Crippen molar-refractivity contribution in [1.82, 2.24) is 9.80 Å². The van der Waals surface area contributed by atoms with E-state index in [4.69, 9.17) is 9.84 Å². The number of nitrogens with zero attached hydrogens (tertiary/aromatic N) is 2. The molecule has 0 radical (unpaired) electrons. The number of urea groups is 1. The van der Waals surface area contributed by atoms with Crippen LogP contribution in [0, 0.1) is 0 Å². The highest BCUT2D eigenvalue weighted by Crippen LogP contribution is 2.21. The van der Waals surface area contributed by atoms with Gasteiger partial charge in [0, 0.05) is 19.6 Å². The number of carbonyl (C=O) groups is 3. The van der Waals surface area contributed by atoms with Crippen LogP contribution in [-0.4, -0.2) is 65.7 Å². The molecule has 1 atom stereocenters. The van der Waals surface area contributed by atoms with Gasteiger partial charge in [0.25, 0.3) is 0 Å². The van der Waals surface area contributed by atoms with Crippen LogP contribution in [0.25, 0.3) is 0 Å². The Morgan fingerprint density at radius 3 is 2.68 bits per heavy atom. The number of ether oxygens (including phenoxy) is 1. The van der Waals surface area contributed by atoms with Gasteiger partial charge in [-0.2, -0.15) is 0 Å². The molecule has 1 N–H and O–H groups in total. The average molecular weight is 272 g/mol. The standard InChI is InChI=1S/C12H20N2O5/c1-3-19-11(17)8-13(2)12(18)14-6-4-5-9(14)7-10(15)16/h9H,3-8H2,1-2H3,(H,15,16). The second-order valence-corrected chi connectivity index (χ2v) is 4.53. The van der Waals surface area contributed by atoms with E-state index in [0.29, 0.717) is 13.0 Å². The smallest absolute Gasteiger partial charge is 0.325 e. The van der Waals surface area contributed by atoms with E-state index in [0.717, 1.165) is 6.42 Å². The van der Waals surface area contributed by atoms with Gasteiger partial charge in [-0.3, -0.25) is 9.59 Å². The van der Waals surface area contributed by atoms with E-state index in [9.17, 15) is 14.4 Å². The lowest BCUT2D eigenvalue weighted by molar-refractivity contribution is -0.144. The molecule has 0 spiro atoms. The van der Waals surface area contributed by atoms with Crippen molar-refractivity contribution >= 4 is 18.0 Å². The molecule has 1 aliphatic rings. The van der Waals surface area contributed by atoms with Gasteiger partial charge in [-0.15, -0.1) is 0 Å². The van der Waals surface area contributed by atoms with Crippen LogP contribution >= 0.6 is 0 Å². The summed E-state index contributed by atoms with van der Waals surface area (Å²) in [5.74, 6) is -1.38. The fraction of sp³-hybridized carbons (Fsp3) is 0.750. The van der Waals surface area contributed by atoms with Crippen LogP contribution in [0.4, 0.5) is 4.79 Å². The lowest BCUT2D eigenvalue weighted by Gasteiger charge is -2.28. The predicted molar refractivity (Wildman–Crippen MR) is 66.6 cm³/mol. The van der Waals surface area contributed by atoms with Gasteiger partial charge in [0.2, 0.25) is 0 Å². The maximum absolute atomic E-state index is 12.1. The van der Waals surface area contributed by atoms with Gasteiger partial charge < -0.3 is 19.6 Å². The van der Waals surface area contributed by atoms with Gasteiger partial charge in [-0.05, 0) is 19.8 Å². The molecule has 0 aromatic rings. The first-order chi connectivity index (χ1) is 8.95. The first-order valence-electron chi connectivity index (χ1n) is 6.34. The van der Waals surface area contributed by atoms with Crippen molar-refractivity contribution in [3.05, 3.63) is 0 Å². The summed E-state index contributed by atoms with van der Waals surface area (Å²) in [6.07, 6.45) is 1.42. The zero-order valence-corrected chi connectivity index (χ0v) is 11.3. The van der Waals surface area contributed by atoms with Crippen LogP contribution < -0.4 is 0 Å². The molecule has 1 fully saturated rings. The van der Waals surface area contributed by atoms with E-state index < -0.39 is 11.9 Å². The predicted octanol–water partition coefficient (Wildman–Crippen LogP) is 0.540. The summed E-state index contributed by atoms with van der Waals surface area (Å²) in [4.78, 5) is 36.9. The molecule has 1 unspecified atom stereocenters. The molecule has 2 amide bonds. The largest absolute Gasteiger partial charge is 0.481 e. The Bertz CT molecular complexity index is 358. The molecule has 19 heavy (non-hydrogen) atoms. The maximum Gasteiger partial charge on any atom is 0.325 e. The van der Waals surface area contributed by atoms with Crippen LogP contribution in [0.5, 0.6) is 0 Å². The third kappa shape index (κ3) is 4.42. The number of rotatable bonds is 5. The van der Waals surface area contributed by atoms with E-state index in [1.54, 1.807) is 6.92 Å². The molecule has 1 saturated heterocycles. The van der Waals surface area contributed by atoms with Gasteiger partial charge in [0.05, 0.1) is 13.0 Å². The zero-order valence-electron chi connectivity index (χ0n) is 11.3. The molecule has 1 rings (SSSR count). The number of hydrogen-bond donors (Lipinski definition) is 1. The van der Waals surface area contributed by atoms with E-state index in [1.165, 1.54) is 16.8 Å². The molecule has 0 aromatic heterocycles. The van der Waals surface area contributed by atoms with Crippen molar-refractivity contribution in [2.45, 2.75) is 32.2 Å². The van der Waals surface area contributed by atoms with E-state index in [1.807, 2.05) is 0 Å². The van der Waals surface area contributed by atoms with Gasteiger partial charge >= 0.3 is 18.0 Å². The fourth-order valence-electron chi connectivity index (χ4n) is 2.19. The quantitative estimate of drug-likeness (QED) is 0.738. The van der Waals surface area contributed by atoms with Crippen molar-refractivity contribution in [3.8, 4) is 0 Å². The number of carboxylic acid groups (broad SMARTS) is 1. The number of amides is 2. The van der Waals surface area contributed by atoms with Crippen molar-refractivity contribution in [2.24, 2.45) is 0 Å². The number of carbonyl (C=O) groups excluding carboxylic acids is 2. The van der Waals surface area contributed by atoms with Crippen molar-refractivity contribution in [2.75, 3.05) is 26.7 Å². The lowest BCUT2D eigenvalue weighted by Crippen LogP contribution is -2.46. The summed E-state index contributed by atoms with van der Waals surface area (Å²) in [7, 11) is 1.51. The van der Waals surface area contributed by atoms with Gasteiger partial charge in [-0.25, -0.2) is 4.79 Å². The van der Waals surface area contributed by atoms with E-state index in [2.05, 4.69) is 0 Å². The minimum absolute atomic E-state index is 0.0566. The molecule has 1 heterocycles. The SMILES string of the molecule is CCOC(=O)CN(C)C(=O)N1CCCC1CC(=O)O. The molecule has 0 aliphatic carbocycles. The van der Waals surface area contributed by atoms with Crippen LogP contribution in [0.2, 0.25) is 0 Å². The number of likely N-dealkylation sites (N-methyl/N-ethyl adjacent to an activating group) is 1. The minimum atomic E-state index is -0.919. The molecular formula is C12H20N2O5. The average Bonchev–Trinajstić information content (AvgIpc) is 2.75. The van der Waals surface area contributed by atoms with Crippen molar-refractivity contribution in [3.63, 3.8) is 0 Å². The maximum atomic E-state index is 12.1. The molecule has 7 nitrogen and oxygen atoms in total. The van der Waals surface area contributed by atoms with Crippen LogP contribution in [0.3, 0.4) is 0 Å². The lowest BCUT2D eigenvalue weighted by atomic mass is 10.1. The van der Waals surface area contributed by atoms with Crippen LogP contribution in [-0.2, 0) is 14.3 Å². The molecule has 7 heteroatoms. The van der Waals surface area contributed by atoms with Crippen LogP contribution in [0.15, 0.2) is 0 Å². The number of likely N-dealkylation sites (tertiary alicyclic amines) is 1. The summed E-state index contributed by atoms with van der Waals surface area (Å²) < 4.78 is 4.77. The summed E-state index contributed by atoms with van der Waals surface area (Å²) in [6, 6.07) is -0.605. The van der Waals surface area contributed by atoms with Gasteiger partial charge in [0.1, 0.15) is 6.54 Å². The minimum Gasteiger partial charge on any atom is -0.481 e. The Labute approximate surface area is 112 Å². The van der Waals surface area contributed by atoms with Crippen molar-refractivity contribution < 1.29 is 24.2 Å². The van der Waals surface area contributed by atoms with Crippen molar-refractivity contribution in [1.29, 1.82) is 0 Å². The molecule has 0 bridgehead atoms. The molecule has 108 valence electrons. The summed E-state index contributed by atoms with van der Waals surface area (Å²) in [5.41, 5.74) is 0. The Balaban J connectivity index is 2.55. The Morgan fingerprint density at radius 2 is 2.11 bits per heavy atom. The van der Waals surface area contributed by atoms with E-state index in [-0.39, 0.29) is 31.6 Å². The fourth-order valence-corrected chi connectivity index (χ4v) is 2.19. The number of esters is 1. The van der Waals surface area contributed by atoms with E-state index >= 15 is 0 Å². The third-order valence-electron chi connectivity index (χ3n) is 3.03. The summed E-state index contributed by atoms with van der Waals surface area (Å²) >= 11 is 0. The topological polar surface area (TPSA) is 87.2 Å². The highest BCUT2D eigenvalue weighted by Gasteiger charge is 2.32. The number of carboxylic acids is 1.